The van der Waals surface area contributed by atoms with Crippen LogP contribution in [0.5, 0.6) is 5.75 Å². The van der Waals surface area contributed by atoms with E-state index in [1.165, 1.54) is 24.3 Å². The number of carbonyl (C=O) groups is 2. The molecule has 0 heterocycles. The van der Waals surface area contributed by atoms with Crippen LogP contribution in [-0.4, -0.2) is 23.2 Å². The maximum absolute atomic E-state index is 13.8. The maximum atomic E-state index is 13.8. The summed E-state index contributed by atoms with van der Waals surface area (Å²) in [6.45, 7) is -0.151. The van der Waals surface area contributed by atoms with Crippen molar-refractivity contribution in [3.8, 4) is 5.75 Å². The summed E-state index contributed by atoms with van der Waals surface area (Å²) in [6, 6.07) is 15.6. The van der Waals surface area contributed by atoms with E-state index in [-0.39, 0.29) is 29.2 Å². The van der Waals surface area contributed by atoms with Crippen LogP contribution in [0.15, 0.2) is 72.8 Å². The van der Waals surface area contributed by atoms with Crippen molar-refractivity contribution >= 4 is 23.5 Å². The number of hydrogen-bond acceptors (Lipinski definition) is 3. The van der Waals surface area contributed by atoms with E-state index in [1.807, 2.05) is 5.32 Å². The molecule has 0 radical (unpaired) electrons. The van der Waals surface area contributed by atoms with E-state index < -0.39 is 24.1 Å². The van der Waals surface area contributed by atoms with E-state index in [0.29, 0.717) is 16.9 Å². The van der Waals surface area contributed by atoms with Crippen molar-refractivity contribution in [2.45, 2.75) is 25.2 Å². The molecule has 0 spiro atoms. The molecule has 0 saturated heterocycles. The molecule has 0 aliphatic carbocycles. The van der Waals surface area contributed by atoms with Crippen LogP contribution in [0.4, 0.5) is 13.2 Å². The van der Waals surface area contributed by atoms with Gasteiger partial charge in [0.25, 0.3) is 5.91 Å². The van der Waals surface area contributed by atoms with Gasteiger partial charge in [0.05, 0.1) is 6.42 Å². The number of aliphatic carboxylic acids is 1. The molecule has 0 aliphatic heterocycles. The molecular weight excluding hydrogens is 459 g/mol. The number of carbonyl (C=O) groups excluding carboxylic acids is 1. The summed E-state index contributed by atoms with van der Waals surface area (Å²) in [6.07, 6.45) is -5.04. The predicted octanol–water partition coefficient (Wildman–Crippen LogP) is 5.58. The summed E-state index contributed by atoms with van der Waals surface area (Å²) in [7, 11) is 0. The largest absolute Gasteiger partial charge is 0.489 e. The van der Waals surface area contributed by atoms with Crippen LogP contribution in [-0.2, 0) is 17.8 Å². The highest BCUT2D eigenvalue weighted by molar-refractivity contribution is 6.30. The summed E-state index contributed by atoms with van der Waals surface area (Å²) in [5.41, 5.74) is 0.588. The van der Waals surface area contributed by atoms with Crippen molar-refractivity contribution in [1.29, 1.82) is 0 Å². The van der Waals surface area contributed by atoms with Crippen LogP contribution in [0.3, 0.4) is 0 Å². The second kappa shape index (κ2) is 10.4. The topological polar surface area (TPSA) is 75.6 Å². The van der Waals surface area contributed by atoms with Crippen LogP contribution >= 0.6 is 11.6 Å². The minimum absolute atomic E-state index is 0.0353. The number of para-hydroxylation sites is 1. The van der Waals surface area contributed by atoms with Gasteiger partial charge >= 0.3 is 12.1 Å². The van der Waals surface area contributed by atoms with E-state index in [2.05, 4.69) is 0 Å². The summed E-state index contributed by atoms with van der Waals surface area (Å²) in [5.74, 6) is -1.62. The van der Waals surface area contributed by atoms with E-state index >= 15 is 0 Å². The van der Waals surface area contributed by atoms with Gasteiger partial charge in [-0.3, -0.25) is 9.59 Å². The van der Waals surface area contributed by atoms with Gasteiger partial charge in [-0.15, -0.1) is 0 Å². The van der Waals surface area contributed by atoms with Gasteiger partial charge in [-0.2, -0.15) is 13.2 Å². The molecule has 3 aromatic rings. The Bertz CT molecular complexity index is 1140. The van der Waals surface area contributed by atoms with Crippen LogP contribution in [0, 0.1) is 0 Å². The molecule has 172 valence electrons. The Balaban J connectivity index is 1.84. The van der Waals surface area contributed by atoms with Gasteiger partial charge in [-0.1, -0.05) is 48.0 Å². The molecule has 1 unspecified atom stereocenters. The quantitative estimate of drug-likeness (QED) is 0.444. The van der Waals surface area contributed by atoms with Crippen molar-refractivity contribution in [2.75, 3.05) is 0 Å². The summed E-state index contributed by atoms with van der Waals surface area (Å²) >= 11 is 6.07. The monoisotopic (exact) mass is 477 g/mol. The number of halogens is 4. The molecule has 0 fully saturated rings. The van der Waals surface area contributed by atoms with Crippen LogP contribution in [0.1, 0.15) is 33.1 Å². The zero-order chi connectivity index (χ0) is 24.0. The van der Waals surface area contributed by atoms with Crippen molar-refractivity contribution in [3.63, 3.8) is 0 Å². The number of hydrogen-bond donors (Lipinski definition) is 2. The highest BCUT2D eigenvalue weighted by Crippen LogP contribution is 2.35. The fraction of sp³-hybridized carbons (Fsp3) is 0.167. The average molecular weight is 478 g/mol. The zero-order valence-corrected chi connectivity index (χ0v) is 17.9. The van der Waals surface area contributed by atoms with Crippen molar-refractivity contribution in [3.05, 3.63) is 100 Å². The first kappa shape index (κ1) is 24.1. The van der Waals surface area contributed by atoms with E-state index in [0.717, 1.165) is 6.07 Å². The average Bonchev–Trinajstić information content (AvgIpc) is 2.75. The van der Waals surface area contributed by atoms with Crippen LogP contribution in [0.2, 0.25) is 5.02 Å². The number of benzene rings is 3. The van der Waals surface area contributed by atoms with Gasteiger partial charge in [0.1, 0.15) is 12.4 Å². The Labute approximate surface area is 192 Å². The number of alkyl halides is 3. The molecule has 9 heteroatoms. The number of carboxylic acid groups (broad SMARTS) is 1. The first-order chi connectivity index (χ1) is 15.6. The second-order valence-corrected chi connectivity index (χ2v) is 7.61. The van der Waals surface area contributed by atoms with E-state index in [1.54, 1.807) is 42.5 Å². The number of nitrogens with one attached hydrogen (secondary N) is 1. The fourth-order valence-corrected chi connectivity index (χ4v) is 3.46. The minimum Gasteiger partial charge on any atom is -0.489 e. The second-order valence-electron chi connectivity index (χ2n) is 7.17. The van der Waals surface area contributed by atoms with Crippen molar-refractivity contribution < 1.29 is 32.6 Å². The molecule has 0 bridgehead atoms. The standard InChI is InChI=1S/C24H19ClF3NO4/c25-19-11-15(14-33-20-9-5-4-8-17(20)13-21(30)31)10-18(12-19)22(24(26,27)28)29-23(32)16-6-2-1-3-7-16/h1-12,22H,13-14H2,(H,29,32)(H,30,31). The van der Waals surface area contributed by atoms with Crippen molar-refractivity contribution in [1.82, 2.24) is 5.32 Å². The molecule has 1 amide bonds. The summed E-state index contributed by atoms with van der Waals surface area (Å²) < 4.78 is 47.1. The smallest absolute Gasteiger partial charge is 0.412 e. The maximum Gasteiger partial charge on any atom is 0.412 e. The molecule has 5 nitrogen and oxygen atoms in total. The third-order valence-electron chi connectivity index (χ3n) is 4.66. The molecule has 0 aliphatic rings. The highest BCUT2D eigenvalue weighted by atomic mass is 35.5. The molecule has 0 aromatic heterocycles. The Morgan fingerprint density at radius 2 is 1.67 bits per heavy atom. The number of amides is 1. The SMILES string of the molecule is O=C(O)Cc1ccccc1OCc1cc(Cl)cc(C(NC(=O)c2ccccc2)C(F)(F)F)c1. The third-order valence-corrected chi connectivity index (χ3v) is 4.88. The third kappa shape index (κ3) is 6.73. The first-order valence-electron chi connectivity index (χ1n) is 9.78. The molecule has 2 N–H and O–H groups in total. The van der Waals surface area contributed by atoms with Crippen molar-refractivity contribution in [2.24, 2.45) is 0 Å². The van der Waals surface area contributed by atoms with Crippen LogP contribution < -0.4 is 10.1 Å². The number of carboxylic acids is 1. The number of ether oxygens (including phenoxy) is 1. The van der Waals surface area contributed by atoms with Gasteiger partial charge in [0, 0.05) is 16.1 Å². The van der Waals surface area contributed by atoms with Gasteiger partial charge in [-0.25, -0.2) is 0 Å². The Morgan fingerprint density at radius 1 is 1.00 bits per heavy atom. The predicted molar refractivity (Wildman–Crippen MR) is 116 cm³/mol. The van der Waals surface area contributed by atoms with E-state index in [4.69, 9.17) is 21.4 Å². The molecule has 33 heavy (non-hydrogen) atoms. The lowest BCUT2D eigenvalue weighted by Gasteiger charge is -2.23. The lowest BCUT2D eigenvalue weighted by atomic mass is 10.0. The lowest BCUT2D eigenvalue weighted by Crippen LogP contribution is -2.38. The lowest BCUT2D eigenvalue weighted by molar-refractivity contribution is -0.155. The molecular formula is C24H19ClF3NO4. The molecule has 0 saturated carbocycles. The van der Waals surface area contributed by atoms with E-state index in [9.17, 15) is 22.8 Å². The highest BCUT2D eigenvalue weighted by Gasteiger charge is 2.42. The van der Waals surface area contributed by atoms with Gasteiger partial charge in [0.15, 0.2) is 6.04 Å². The zero-order valence-electron chi connectivity index (χ0n) is 17.1. The molecule has 1 atom stereocenters. The van der Waals surface area contributed by atoms with Gasteiger partial charge in [-0.05, 0) is 47.5 Å². The normalized spacial score (nSPS) is 12.1. The Kier molecular flexibility index (Phi) is 7.60. The Hall–Kier alpha value is -3.52. The summed E-state index contributed by atoms with van der Waals surface area (Å²) in [5, 5.41) is 11.1. The molecule has 3 rings (SSSR count). The van der Waals surface area contributed by atoms with Gasteiger partial charge in [0.2, 0.25) is 0 Å². The Morgan fingerprint density at radius 3 is 2.33 bits per heavy atom. The summed E-state index contributed by atoms with van der Waals surface area (Å²) in [4.78, 5) is 23.4. The number of rotatable bonds is 8. The molecule has 3 aromatic carbocycles. The fourth-order valence-electron chi connectivity index (χ4n) is 3.20. The van der Waals surface area contributed by atoms with Crippen LogP contribution in [0.25, 0.3) is 0 Å². The first-order valence-corrected chi connectivity index (χ1v) is 10.2. The minimum atomic E-state index is -4.78. The van der Waals surface area contributed by atoms with Gasteiger partial charge < -0.3 is 15.2 Å².